The number of nitrogens with two attached hydrogens (primary N) is 1. The summed E-state index contributed by atoms with van der Waals surface area (Å²) in [7, 11) is 0. The number of rotatable bonds is 4. The summed E-state index contributed by atoms with van der Waals surface area (Å²) in [6, 6.07) is 4.08. The highest BCUT2D eigenvalue weighted by molar-refractivity contribution is 7.99. The second kappa shape index (κ2) is 4.37. The van der Waals surface area contributed by atoms with E-state index >= 15 is 0 Å². The Labute approximate surface area is 107 Å². The molecule has 0 radical (unpaired) electrons. The lowest BCUT2D eigenvalue weighted by Crippen LogP contribution is -2.14. The van der Waals surface area contributed by atoms with Crippen molar-refractivity contribution < 1.29 is 0 Å². The average molecular weight is 261 g/mol. The summed E-state index contributed by atoms with van der Waals surface area (Å²) in [5.41, 5.74) is 5.97. The lowest BCUT2D eigenvalue weighted by Gasteiger charge is -2.05. The van der Waals surface area contributed by atoms with Crippen LogP contribution >= 0.6 is 11.8 Å². The van der Waals surface area contributed by atoms with Crippen LogP contribution in [0.5, 0.6) is 0 Å². The molecule has 92 valence electrons. The molecule has 2 aromatic rings. The van der Waals surface area contributed by atoms with E-state index in [0.29, 0.717) is 16.9 Å². The van der Waals surface area contributed by atoms with Crippen molar-refractivity contribution in [3.05, 3.63) is 24.0 Å². The molecule has 7 nitrogen and oxygen atoms in total. The number of tetrazole rings is 1. The van der Waals surface area contributed by atoms with Gasteiger partial charge in [-0.15, -0.1) is 5.10 Å². The predicted molar refractivity (Wildman–Crippen MR) is 65.5 cm³/mol. The third kappa shape index (κ3) is 2.06. The topological polar surface area (TPSA) is 106 Å². The van der Waals surface area contributed by atoms with Crippen molar-refractivity contribution >= 4 is 17.6 Å². The van der Waals surface area contributed by atoms with E-state index < -0.39 is 0 Å². The second-order valence-corrected chi connectivity index (χ2v) is 5.01. The van der Waals surface area contributed by atoms with Crippen molar-refractivity contribution in [1.29, 1.82) is 5.41 Å². The number of amidine groups is 1. The minimum atomic E-state index is -0.0523. The smallest absolute Gasteiger partial charge is 0.214 e. The molecule has 1 aliphatic rings. The minimum absolute atomic E-state index is 0.0523. The first kappa shape index (κ1) is 11.1. The van der Waals surface area contributed by atoms with Crippen LogP contribution < -0.4 is 5.73 Å². The van der Waals surface area contributed by atoms with Crippen molar-refractivity contribution in [3.63, 3.8) is 0 Å². The van der Waals surface area contributed by atoms with Gasteiger partial charge < -0.3 is 5.73 Å². The lowest BCUT2D eigenvalue weighted by atomic mass is 10.3. The van der Waals surface area contributed by atoms with Crippen LogP contribution in [0.4, 0.5) is 0 Å². The van der Waals surface area contributed by atoms with Crippen molar-refractivity contribution in [1.82, 2.24) is 25.2 Å². The standard InChI is InChI=1S/C10H11N7S/c11-9(12)8-7(2-1-5-13-8)18-10-14-15-16-17(10)6-3-4-6/h1-2,5-6H,3-4H2,(H3,11,12). The fourth-order valence-electron chi connectivity index (χ4n) is 1.57. The van der Waals surface area contributed by atoms with Crippen LogP contribution in [0, 0.1) is 5.41 Å². The highest BCUT2D eigenvalue weighted by Crippen LogP contribution is 2.38. The van der Waals surface area contributed by atoms with Gasteiger partial charge in [0.25, 0.3) is 0 Å². The Morgan fingerprint density at radius 1 is 1.50 bits per heavy atom. The van der Waals surface area contributed by atoms with E-state index in [1.54, 1.807) is 12.3 Å². The Hall–Kier alpha value is -1.96. The first-order valence-electron chi connectivity index (χ1n) is 5.51. The van der Waals surface area contributed by atoms with Gasteiger partial charge in [-0.3, -0.25) is 10.4 Å². The van der Waals surface area contributed by atoms with Crippen LogP contribution in [-0.2, 0) is 0 Å². The monoisotopic (exact) mass is 261 g/mol. The van der Waals surface area contributed by atoms with Crippen molar-refractivity contribution in [2.75, 3.05) is 0 Å². The zero-order valence-electron chi connectivity index (χ0n) is 9.45. The number of hydrogen-bond acceptors (Lipinski definition) is 6. The van der Waals surface area contributed by atoms with E-state index in [1.807, 2.05) is 10.7 Å². The summed E-state index contributed by atoms with van der Waals surface area (Å²) in [4.78, 5) is 4.89. The van der Waals surface area contributed by atoms with Gasteiger partial charge in [0.05, 0.1) is 6.04 Å². The van der Waals surface area contributed by atoms with E-state index in [4.69, 9.17) is 11.1 Å². The minimum Gasteiger partial charge on any atom is -0.382 e. The second-order valence-electron chi connectivity index (χ2n) is 4.00. The Morgan fingerprint density at radius 2 is 2.33 bits per heavy atom. The van der Waals surface area contributed by atoms with Gasteiger partial charge in [0.2, 0.25) is 5.16 Å². The van der Waals surface area contributed by atoms with Gasteiger partial charge in [-0.25, -0.2) is 4.68 Å². The van der Waals surface area contributed by atoms with Gasteiger partial charge in [0.15, 0.2) is 0 Å². The average Bonchev–Trinajstić information content (AvgIpc) is 3.11. The molecule has 3 rings (SSSR count). The van der Waals surface area contributed by atoms with Crippen LogP contribution in [0.1, 0.15) is 24.6 Å². The number of nitrogens with zero attached hydrogens (tertiary/aromatic N) is 5. The molecule has 1 fully saturated rings. The Bertz CT molecular complexity index is 589. The quantitative estimate of drug-likeness (QED) is 0.624. The van der Waals surface area contributed by atoms with Gasteiger partial charge in [-0.05, 0) is 47.2 Å². The molecule has 0 unspecified atom stereocenters. The first-order chi connectivity index (χ1) is 8.75. The summed E-state index contributed by atoms with van der Waals surface area (Å²) in [6.07, 6.45) is 3.85. The van der Waals surface area contributed by atoms with Crippen LogP contribution in [-0.4, -0.2) is 31.0 Å². The summed E-state index contributed by atoms with van der Waals surface area (Å²) < 4.78 is 1.82. The largest absolute Gasteiger partial charge is 0.382 e. The number of aromatic nitrogens is 5. The van der Waals surface area contributed by atoms with Crippen molar-refractivity contribution in [2.45, 2.75) is 28.9 Å². The first-order valence-corrected chi connectivity index (χ1v) is 6.32. The summed E-state index contributed by atoms with van der Waals surface area (Å²) in [6.45, 7) is 0. The fourth-order valence-corrected chi connectivity index (χ4v) is 2.53. The lowest BCUT2D eigenvalue weighted by molar-refractivity contribution is 0.565. The van der Waals surface area contributed by atoms with E-state index in [2.05, 4.69) is 20.5 Å². The maximum atomic E-state index is 7.50. The molecular formula is C10H11N7S. The molecular weight excluding hydrogens is 250 g/mol. The van der Waals surface area contributed by atoms with Crippen LogP contribution in [0.15, 0.2) is 28.4 Å². The van der Waals surface area contributed by atoms with Crippen LogP contribution in [0.25, 0.3) is 0 Å². The van der Waals surface area contributed by atoms with E-state index in [0.717, 1.165) is 17.7 Å². The van der Waals surface area contributed by atoms with Crippen LogP contribution in [0.3, 0.4) is 0 Å². The summed E-state index contributed by atoms with van der Waals surface area (Å²) >= 11 is 1.39. The number of nitrogens with one attached hydrogen (secondary N) is 1. The van der Waals surface area contributed by atoms with E-state index in [9.17, 15) is 0 Å². The zero-order chi connectivity index (χ0) is 12.5. The summed E-state index contributed by atoms with van der Waals surface area (Å²) in [5.74, 6) is -0.0523. The molecule has 0 saturated heterocycles. The van der Waals surface area contributed by atoms with Gasteiger partial charge >= 0.3 is 0 Å². The SMILES string of the molecule is N=C(N)c1ncccc1Sc1nnnn1C1CC1. The molecule has 0 aromatic carbocycles. The highest BCUT2D eigenvalue weighted by atomic mass is 32.2. The number of nitrogen functional groups attached to an aromatic ring is 1. The van der Waals surface area contributed by atoms with E-state index in [-0.39, 0.29) is 5.84 Å². The molecule has 0 bridgehead atoms. The van der Waals surface area contributed by atoms with Gasteiger partial charge in [-0.2, -0.15) is 0 Å². The normalized spacial score (nSPS) is 14.7. The van der Waals surface area contributed by atoms with Crippen molar-refractivity contribution in [3.8, 4) is 0 Å². The third-order valence-electron chi connectivity index (χ3n) is 2.58. The maximum Gasteiger partial charge on any atom is 0.214 e. The summed E-state index contributed by atoms with van der Waals surface area (Å²) in [5, 5.41) is 19.9. The third-order valence-corrected chi connectivity index (χ3v) is 3.58. The maximum absolute atomic E-state index is 7.50. The molecule has 2 heterocycles. The molecule has 18 heavy (non-hydrogen) atoms. The van der Waals surface area contributed by atoms with E-state index in [1.165, 1.54) is 11.8 Å². The molecule has 8 heteroatoms. The Balaban J connectivity index is 1.92. The highest BCUT2D eigenvalue weighted by Gasteiger charge is 2.28. The van der Waals surface area contributed by atoms with Gasteiger partial charge in [-0.1, -0.05) is 0 Å². The van der Waals surface area contributed by atoms with Crippen LogP contribution in [0.2, 0.25) is 0 Å². The molecule has 2 aromatic heterocycles. The molecule has 0 aliphatic heterocycles. The Kier molecular flexibility index (Phi) is 2.71. The molecule has 3 N–H and O–H groups in total. The molecule has 0 amide bonds. The Morgan fingerprint density at radius 3 is 3.06 bits per heavy atom. The molecule has 0 spiro atoms. The van der Waals surface area contributed by atoms with Crippen molar-refractivity contribution in [2.24, 2.45) is 5.73 Å². The zero-order valence-corrected chi connectivity index (χ0v) is 10.3. The molecule has 1 saturated carbocycles. The van der Waals surface area contributed by atoms with Gasteiger partial charge in [0, 0.05) is 11.1 Å². The number of pyridine rings is 1. The number of hydrogen-bond donors (Lipinski definition) is 2. The van der Waals surface area contributed by atoms with Gasteiger partial charge in [0.1, 0.15) is 11.5 Å². The predicted octanol–water partition coefficient (Wildman–Crippen LogP) is 0.838. The molecule has 1 aliphatic carbocycles. The fraction of sp³-hybridized carbons (Fsp3) is 0.300. The molecule has 0 atom stereocenters.